The average Bonchev–Trinajstić information content (AvgIpc) is 3.31. The molecule has 0 bridgehead atoms. The number of non-ortho nitro benzene ring substituents is 1. The Labute approximate surface area is 197 Å². The Balaban J connectivity index is 1.42. The van der Waals surface area contributed by atoms with Gasteiger partial charge in [-0.1, -0.05) is 17.3 Å². The molecule has 2 heterocycles. The number of nitrogens with zero attached hydrogens (tertiary/aromatic N) is 5. The van der Waals surface area contributed by atoms with Gasteiger partial charge in [-0.05, 0) is 18.2 Å². The molecule has 0 N–H and O–H groups in total. The summed E-state index contributed by atoms with van der Waals surface area (Å²) < 4.78 is 48.9. The lowest BCUT2D eigenvalue weighted by molar-refractivity contribution is -0.384. The van der Waals surface area contributed by atoms with E-state index < -0.39 is 22.6 Å². The summed E-state index contributed by atoms with van der Waals surface area (Å²) >= 11 is 0. The number of esters is 1. The minimum Gasteiger partial charge on any atom is -0.465 e. The molecule has 184 valence electrons. The van der Waals surface area contributed by atoms with Crippen LogP contribution in [-0.4, -0.2) is 59.2 Å². The Bertz CT molecular complexity index is 1240. The number of hydrogen-bond donors (Lipinski definition) is 0. The molecule has 0 radical (unpaired) electrons. The molecule has 2 aromatic carbocycles. The van der Waals surface area contributed by atoms with Crippen molar-refractivity contribution in [1.29, 1.82) is 0 Å². The SMILES string of the molecule is COC(=O)c1cc([N+](=O)[O-])ccc1N1CCN(Cc2nc(-c3cccc(C(F)(F)F)c3)no2)CC1. The number of anilines is 1. The van der Waals surface area contributed by atoms with Crippen LogP contribution in [0.2, 0.25) is 0 Å². The molecular formula is C22H20F3N5O5. The molecule has 10 nitrogen and oxygen atoms in total. The highest BCUT2D eigenvalue weighted by atomic mass is 19.4. The fraction of sp³-hybridized carbons (Fsp3) is 0.318. The molecule has 1 aliphatic rings. The molecule has 0 unspecified atom stereocenters. The first-order valence-electron chi connectivity index (χ1n) is 10.5. The number of aromatic nitrogens is 2. The Hall–Kier alpha value is -4.00. The Morgan fingerprint density at radius 1 is 1.17 bits per heavy atom. The summed E-state index contributed by atoms with van der Waals surface area (Å²) in [6.45, 7) is 2.43. The minimum absolute atomic E-state index is 0.0679. The van der Waals surface area contributed by atoms with Crippen LogP contribution in [-0.2, 0) is 17.5 Å². The summed E-state index contributed by atoms with van der Waals surface area (Å²) in [5, 5.41) is 14.9. The third-order valence-electron chi connectivity index (χ3n) is 5.58. The molecule has 0 amide bonds. The van der Waals surface area contributed by atoms with Crippen molar-refractivity contribution in [1.82, 2.24) is 15.0 Å². The Morgan fingerprint density at radius 3 is 2.57 bits per heavy atom. The second kappa shape index (κ2) is 9.70. The maximum atomic E-state index is 13.0. The standard InChI is InChI=1S/C22H20F3N5O5/c1-34-21(31)17-12-16(30(32)33)5-6-18(17)29-9-7-28(8-10-29)13-19-26-20(27-35-19)14-3-2-4-15(11-14)22(23,24)25/h2-6,11-12H,7-10,13H2,1H3. The zero-order valence-electron chi connectivity index (χ0n) is 18.5. The van der Waals surface area contributed by atoms with Gasteiger partial charge in [-0.2, -0.15) is 18.2 Å². The van der Waals surface area contributed by atoms with E-state index in [1.165, 1.54) is 37.4 Å². The number of ether oxygens (including phenoxy) is 1. The quantitative estimate of drug-likeness (QED) is 0.289. The molecule has 0 aliphatic carbocycles. The maximum absolute atomic E-state index is 13.0. The summed E-state index contributed by atoms with van der Waals surface area (Å²) in [5.41, 5.74) is -0.159. The lowest BCUT2D eigenvalue weighted by atomic mass is 10.1. The van der Waals surface area contributed by atoms with Crippen LogP contribution < -0.4 is 4.90 Å². The second-order valence-electron chi connectivity index (χ2n) is 7.80. The summed E-state index contributed by atoms with van der Waals surface area (Å²) in [7, 11) is 1.21. The number of carbonyl (C=O) groups excluding carboxylic acids is 1. The molecule has 3 aromatic rings. The van der Waals surface area contributed by atoms with Crippen LogP contribution in [0.25, 0.3) is 11.4 Å². The topological polar surface area (TPSA) is 115 Å². The van der Waals surface area contributed by atoms with Gasteiger partial charge in [-0.25, -0.2) is 4.79 Å². The van der Waals surface area contributed by atoms with Crippen LogP contribution in [0.4, 0.5) is 24.5 Å². The average molecular weight is 491 g/mol. The van der Waals surface area contributed by atoms with Crippen molar-refractivity contribution in [2.75, 3.05) is 38.2 Å². The molecule has 1 aliphatic heterocycles. The van der Waals surface area contributed by atoms with Gasteiger partial charge in [0.2, 0.25) is 11.7 Å². The number of halogens is 3. The molecule has 1 saturated heterocycles. The van der Waals surface area contributed by atoms with Crippen LogP contribution in [0, 0.1) is 10.1 Å². The normalized spacial score (nSPS) is 14.7. The lowest BCUT2D eigenvalue weighted by Gasteiger charge is -2.36. The molecular weight excluding hydrogens is 471 g/mol. The molecule has 0 atom stereocenters. The largest absolute Gasteiger partial charge is 0.465 e. The van der Waals surface area contributed by atoms with E-state index in [-0.39, 0.29) is 28.5 Å². The van der Waals surface area contributed by atoms with Crippen LogP contribution in [0.5, 0.6) is 0 Å². The molecule has 4 rings (SSSR count). The van der Waals surface area contributed by atoms with Crippen molar-refractivity contribution in [3.63, 3.8) is 0 Å². The maximum Gasteiger partial charge on any atom is 0.416 e. The number of rotatable bonds is 6. The van der Waals surface area contributed by atoms with E-state index in [1.807, 2.05) is 9.80 Å². The van der Waals surface area contributed by atoms with Gasteiger partial charge in [-0.15, -0.1) is 0 Å². The van der Waals surface area contributed by atoms with E-state index in [9.17, 15) is 28.1 Å². The highest BCUT2D eigenvalue weighted by molar-refractivity contribution is 5.96. The molecule has 0 saturated carbocycles. The van der Waals surface area contributed by atoms with Crippen molar-refractivity contribution < 1.29 is 32.1 Å². The zero-order chi connectivity index (χ0) is 25.2. The Morgan fingerprint density at radius 2 is 1.91 bits per heavy atom. The highest BCUT2D eigenvalue weighted by Crippen LogP contribution is 2.32. The number of methoxy groups -OCH3 is 1. The van der Waals surface area contributed by atoms with E-state index in [2.05, 4.69) is 10.1 Å². The first-order chi connectivity index (χ1) is 16.7. The van der Waals surface area contributed by atoms with Crippen molar-refractivity contribution >= 4 is 17.3 Å². The number of alkyl halides is 3. The number of hydrogen-bond acceptors (Lipinski definition) is 9. The molecule has 13 heteroatoms. The molecule has 0 spiro atoms. The van der Waals surface area contributed by atoms with Crippen molar-refractivity contribution in [3.05, 3.63) is 69.6 Å². The smallest absolute Gasteiger partial charge is 0.416 e. The number of carbonyl (C=O) groups is 1. The zero-order valence-corrected chi connectivity index (χ0v) is 18.5. The first kappa shape index (κ1) is 24.1. The fourth-order valence-corrected chi connectivity index (χ4v) is 3.80. The number of piperazine rings is 1. The second-order valence-corrected chi connectivity index (χ2v) is 7.80. The van der Waals surface area contributed by atoms with Crippen molar-refractivity contribution in [2.45, 2.75) is 12.7 Å². The first-order valence-corrected chi connectivity index (χ1v) is 10.5. The van der Waals surface area contributed by atoms with Gasteiger partial charge in [0.05, 0.1) is 35.4 Å². The van der Waals surface area contributed by atoms with Gasteiger partial charge in [0.1, 0.15) is 0 Å². The van der Waals surface area contributed by atoms with Gasteiger partial charge >= 0.3 is 12.1 Å². The van der Waals surface area contributed by atoms with Gasteiger partial charge in [-0.3, -0.25) is 15.0 Å². The van der Waals surface area contributed by atoms with E-state index in [0.29, 0.717) is 38.4 Å². The van der Waals surface area contributed by atoms with E-state index >= 15 is 0 Å². The predicted octanol–water partition coefficient (Wildman–Crippen LogP) is 3.77. The van der Waals surface area contributed by atoms with Crippen LogP contribution in [0.15, 0.2) is 47.0 Å². The monoisotopic (exact) mass is 491 g/mol. The molecule has 1 fully saturated rings. The van der Waals surface area contributed by atoms with E-state index in [1.54, 1.807) is 0 Å². The van der Waals surface area contributed by atoms with Crippen LogP contribution in [0.1, 0.15) is 21.8 Å². The summed E-state index contributed by atoms with van der Waals surface area (Å²) in [5.74, 6) is -0.339. The van der Waals surface area contributed by atoms with E-state index in [4.69, 9.17) is 9.26 Å². The van der Waals surface area contributed by atoms with E-state index in [0.717, 1.165) is 12.1 Å². The van der Waals surface area contributed by atoms with Gasteiger partial charge in [0.25, 0.3) is 5.69 Å². The summed E-state index contributed by atoms with van der Waals surface area (Å²) in [6.07, 6.45) is -4.47. The third kappa shape index (κ3) is 5.40. The minimum atomic E-state index is -4.47. The van der Waals surface area contributed by atoms with Crippen molar-refractivity contribution in [2.24, 2.45) is 0 Å². The highest BCUT2D eigenvalue weighted by Gasteiger charge is 2.31. The molecule has 35 heavy (non-hydrogen) atoms. The van der Waals surface area contributed by atoms with Gasteiger partial charge < -0.3 is 14.2 Å². The van der Waals surface area contributed by atoms with Gasteiger partial charge in [0.15, 0.2) is 0 Å². The van der Waals surface area contributed by atoms with Crippen LogP contribution in [0.3, 0.4) is 0 Å². The lowest BCUT2D eigenvalue weighted by Crippen LogP contribution is -2.46. The number of nitro benzene ring substituents is 1. The number of nitro groups is 1. The fourth-order valence-electron chi connectivity index (χ4n) is 3.80. The Kier molecular flexibility index (Phi) is 6.69. The van der Waals surface area contributed by atoms with Crippen molar-refractivity contribution in [3.8, 4) is 11.4 Å². The summed E-state index contributed by atoms with van der Waals surface area (Å²) in [6, 6.07) is 8.76. The van der Waals surface area contributed by atoms with Crippen LogP contribution >= 0.6 is 0 Å². The third-order valence-corrected chi connectivity index (χ3v) is 5.58. The van der Waals surface area contributed by atoms with Gasteiger partial charge in [0, 0.05) is 43.9 Å². The predicted molar refractivity (Wildman–Crippen MR) is 117 cm³/mol. The summed E-state index contributed by atoms with van der Waals surface area (Å²) in [4.78, 5) is 30.9. The molecule has 1 aromatic heterocycles. The number of benzene rings is 2.